The van der Waals surface area contributed by atoms with Crippen molar-refractivity contribution in [3.8, 4) is 0 Å². The molecule has 0 saturated heterocycles. The molecule has 0 saturated carbocycles. The second-order valence-corrected chi connectivity index (χ2v) is 6.09. The van der Waals surface area contributed by atoms with Crippen molar-refractivity contribution in [2.45, 2.75) is 66.5 Å². The molecule has 4 nitrogen and oxygen atoms in total. The highest BCUT2D eigenvalue weighted by atomic mass is 35.5. The smallest absolute Gasteiger partial charge is 0.158 e. The van der Waals surface area contributed by atoms with Crippen LogP contribution >= 0.6 is 11.6 Å². The zero-order valence-electron chi connectivity index (χ0n) is 14.2. The minimum absolute atomic E-state index is 0.186. The number of aromatic nitrogens is 2. The van der Waals surface area contributed by atoms with E-state index in [1.54, 1.807) is 0 Å². The number of carbonyl (C=O) groups is 1. The summed E-state index contributed by atoms with van der Waals surface area (Å²) in [5.74, 6) is 0.186. The predicted molar refractivity (Wildman–Crippen MR) is 88.0 cm³/mol. The zero-order valence-corrected chi connectivity index (χ0v) is 14.9. The van der Waals surface area contributed by atoms with Crippen molar-refractivity contribution >= 4 is 17.4 Å². The molecule has 1 aromatic rings. The summed E-state index contributed by atoms with van der Waals surface area (Å²) in [7, 11) is 0. The van der Waals surface area contributed by atoms with Crippen LogP contribution in [-0.2, 0) is 24.2 Å². The van der Waals surface area contributed by atoms with E-state index in [1.165, 1.54) is 0 Å². The van der Waals surface area contributed by atoms with Crippen LogP contribution in [0.1, 0.15) is 52.9 Å². The molecule has 5 heteroatoms. The van der Waals surface area contributed by atoms with E-state index in [9.17, 15) is 4.79 Å². The average molecular weight is 314 g/mol. The fourth-order valence-electron chi connectivity index (χ4n) is 2.75. The molecule has 120 valence electrons. The van der Waals surface area contributed by atoms with Gasteiger partial charge in [0.1, 0.15) is 0 Å². The molecule has 1 aromatic heterocycles. The lowest BCUT2D eigenvalue weighted by Crippen LogP contribution is -2.50. The first-order valence-electron chi connectivity index (χ1n) is 7.85. The molecule has 0 spiro atoms. The fraction of sp³-hybridized carbons (Fsp3) is 0.750. The van der Waals surface area contributed by atoms with Crippen LogP contribution in [0.4, 0.5) is 0 Å². The minimum atomic E-state index is -0.484. The van der Waals surface area contributed by atoms with Gasteiger partial charge < -0.3 is 0 Å². The van der Waals surface area contributed by atoms with Gasteiger partial charge in [-0.3, -0.25) is 14.4 Å². The summed E-state index contributed by atoms with van der Waals surface area (Å²) in [6.07, 6.45) is 1.12. The second-order valence-electron chi connectivity index (χ2n) is 5.71. The van der Waals surface area contributed by atoms with E-state index in [2.05, 4.69) is 23.8 Å². The number of hydrogen-bond donors (Lipinski definition) is 0. The highest BCUT2D eigenvalue weighted by molar-refractivity contribution is 6.32. The number of nitrogens with zero attached hydrogens (tertiary/aromatic N) is 3. The van der Waals surface area contributed by atoms with E-state index in [-0.39, 0.29) is 5.78 Å². The van der Waals surface area contributed by atoms with E-state index in [4.69, 9.17) is 11.6 Å². The van der Waals surface area contributed by atoms with Crippen LogP contribution < -0.4 is 0 Å². The lowest BCUT2D eigenvalue weighted by molar-refractivity contribution is -0.128. The molecule has 0 N–H and O–H groups in total. The summed E-state index contributed by atoms with van der Waals surface area (Å²) in [5, 5.41) is 5.14. The molecule has 0 aliphatic rings. The van der Waals surface area contributed by atoms with Gasteiger partial charge in [-0.15, -0.1) is 0 Å². The number of hydrogen-bond acceptors (Lipinski definition) is 3. The highest BCUT2D eigenvalue weighted by Crippen LogP contribution is 2.25. The Kier molecular flexibility index (Phi) is 6.41. The molecule has 0 unspecified atom stereocenters. The Hall–Kier alpha value is -0.870. The summed E-state index contributed by atoms with van der Waals surface area (Å²) in [6, 6.07) is 0. The normalized spacial score (nSPS) is 12.2. The van der Waals surface area contributed by atoms with Crippen molar-refractivity contribution in [2.75, 3.05) is 13.1 Å². The Labute approximate surface area is 133 Å². The van der Waals surface area contributed by atoms with Gasteiger partial charge >= 0.3 is 0 Å². The summed E-state index contributed by atoms with van der Waals surface area (Å²) in [6.45, 7) is 14.6. The van der Waals surface area contributed by atoms with Crippen molar-refractivity contribution in [3.05, 3.63) is 16.4 Å². The maximum atomic E-state index is 12.8. The van der Waals surface area contributed by atoms with Crippen LogP contribution in [0.25, 0.3) is 0 Å². The SMILES string of the molecule is CCc1nn(CC)c(CC(=O)C(C)(C)N(CC)CC)c1Cl. The third kappa shape index (κ3) is 3.67. The van der Waals surface area contributed by atoms with Gasteiger partial charge in [0.05, 0.1) is 28.4 Å². The van der Waals surface area contributed by atoms with Gasteiger partial charge in [0, 0.05) is 6.54 Å². The Morgan fingerprint density at radius 1 is 1.24 bits per heavy atom. The molecule has 0 aliphatic carbocycles. The van der Waals surface area contributed by atoms with Gasteiger partial charge in [-0.1, -0.05) is 32.4 Å². The van der Waals surface area contributed by atoms with Gasteiger partial charge in [0.2, 0.25) is 0 Å². The van der Waals surface area contributed by atoms with Gasteiger partial charge in [-0.25, -0.2) is 0 Å². The Balaban J connectivity index is 3.05. The summed E-state index contributed by atoms with van der Waals surface area (Å²) < 4.78 is 1.86. The molecule has 0 bridgehead atoms. The third-order valence-electron chi connectivity index (χ3n) is 4.26. The lowest BCUT2D eigenvalue weighted by Gasteiger charge is -2.35. The van der Waals surface area contributed by atoms with E-state index >= 15 is 0 Å². The number of halogens is 1. The monoisotopic (exact) mass is 313 g/mol. The van der Waals surface area contributed by atoms with Gasteiger partial charge in [0.15, 0.2) is 5.78 Å². The molecule has 0 aliphatic heterocycles. The Morgan fingerprint density at radius 2 is 1.81 bits per heavy atom. The van der Waals surface area contributed by atoms with Crippen molar-refractivity contribution in [3.63, 3.8) is 0 Å². The third-order valence-corrected chi connectivity index (χ3v) is 4.69. The van der Waals surface area contributed by atoms with E-state index in [0.717, 1.165) is 37.4 Å². The maximum Gasteiger partial charge on any atom is 0.158 e. The Bertz CT molecular complexity index is 490. The van der Waals surface area contributed by atoms with E-state index in [0.29, 0.717) is 11.4 Å². The van der Waals surface area contributed by atoms with Crippen LogP contribution in [0.2, 0.25) is 5.02 Å². The largest absolute Gasteiger partial charge is 0.297 e. The quantitative estimate of drug-likeness (QED) is 0.738. The first kappa shape index (κ1) is 18.2. The number of Topliss-reactive ketones (excluding diaryl/α,β-unsaturated/α-hetero) is 1. The average Bonchev–Trinajstić information content (AvgIpc) is 2.76. The van der Waals surface area contributed by atoms with E-state index < -0.39 is 5.54 Å². The van der Waals surface area contributed by atoms with Crippen molar-refractivity contribution in [2.24, 2.45) is 0 Å². The summed E-state index contributed by atoms with van der Waals surface area (Å²) >= 11 is 6.40. The summed E-state index contributed by atoms with van der Waals surface area (Å²) in [4.78, 5) is 14.9. The molecule has 0 atom stereocenters. The van der Waals surface area contributed by atoms with Crippen molar-refractivity contribution in [1.82, 2.24) is 14.7 Å². The minimum Gasteiger partial charge on any atom is -0.297 e. The molecular formula is C16H28ClN3O. The summed E-state index contributed by atoms with van der Waals surface area (Å²) in [5.41, 5.74) is 1.24. The van der Waals surface area contributed by atoms with Crippen LogP contribution in [0.3, 0.4) is 0 Å². The topological polar surface area (TPSA) is 38.1 Å². The van der Waals surface area contributed by atoms with Crippen LogP contribution in [-0.4, -0.2) is 39.1 Å². The van der Waals surface area contributed by atoms with Gasteiger partial charge in [-0.2, -0.15) is 5.10 Å². The number of carbonyl (C=O) groups excluding carboxylic acids is 1. The fourth-order valence-corrected chi connectivity index (χ4v) is 3.08. The molecular weight excluding hydrogens is 286 g/mol. The van der Waals surface area contributed by atoms with Crippen LogP contribution in [0.15, 0.2) is 0 Å². The van der Waals surface area contributed by atoms with Gasteiger partial charge in [-0.05, 0) is 40.3 Å². The Morgan fingerprint density at radius 3 is 2.24 bits per heavy atom. The van der Waals surface area contributed by atoms with Crippen molar-refractivity contribution in [1.29, 1.82) is 0 Å². The maximum absolute atomic E-state index is 12.8. The molecule has 0 amide bonds. The van der Waals surface area contributed by atoms with Crippen LogP contribution in [0.5, 0.6) is 0 Å². The number of likely N-dealkylation sites (N-methyl/N-ethyl adjacent to an activating group) is 1. The molecule has 1 rings (SSSR count). The standard InChI is InChI=1S/C16H28ClN3O/c1-7-12-15(17)13(20(10-4)18-12)11-14(21)16(5,6)19(8-2)9-3/h7-11H2,1-6H3. The predicted octanol–water partition coefficient (Wildman–Crippen LogP) is 3.35. The number of aryl methyl sites for hydroxylation is 2. The first-order valence-corrected chi connectivity index (χ1v) is 8.23. The van der Waals surface area contributed by atoms with Gasteiger partial charge in [0.25, 0.3) is 0 Å². The molecule has 21 heavy (non-hydrogen) atoms. The first-order chi connectivity index (χ1) is 9.83. The van der Waals surface area contributed by atoms with Crippen LogP contribution in [0, 0.1) is 0 Å². The number of rotatable bonds is 8. The zero-order chi connectivity index (χ0) is 16.2. The molecule has 0 aromatic carbocycles. The lowest BCUT2D eigenvalue weighted by atomic mass is 9.93. The van der Waals surface area contributed by atoms with E-state index in [1.807, 2.05) is 32.4 Å². The number of ketones is 1. The van der Waals surface area contributed by atoms with Crippen molar-refractivity contribution < 1.29 is 4.79 Å². The highest BCUT2D eigenvalue weighted by Gasteiger charge is 2.33. The molecule has 0 fully saturated rings. The second kappa shape index (κ2) is 7.41. The molecule has 1 heterocycles. The molecule has 0 radical (unpaired) electrons.